The van der Waals surface area contributed by atoms with Crippen LogP contribution in [0.15, 0.2) is 0 Å². The SMILES string of the molecule is CN1CCC[C@H]1[C@H]1CCCN1C(=O)C1CCOCC1. The van der Waals surface area contributed by atoms with Crippen LogP contribution < -0.4 is 0 Å². The Bertz CT molecular complexity index is 328. The zero-order valence-corrected chi connectivity index (χ0v) is 12.0. The van der Waals surface area contributed by atoms with Gasteiger partial charge in [0.2, 0.25) is 5.91 Å². The Labute approximate surface area is 116 Å². The van der Waals surface area contributed by atoms with Crippen molar-refractivity contribution in [2.75, 3.05) is 33.4 Å². The van der Waals surface area contributed by atoms with E-state index in [2.05, 4.69) is 16.8 Å². The summed E-state index contributed by atoms with van der Waals surface area (Å²) >= 11 is 0. The Morgan fingerprint density at radius 3 is 2.37 bits per heavy atom. The van der Waals surface area contributed by atoms with Crippen LogP contribution in [0.4, 0.5) is 0 Å². The lowest BCUT2D eigenvalue weighted by Crippen LogP contribution is -2.49. The molecule has 0 aromatic carbocycles. The van der Waals surface area contributed by atoms with E-state index in [1.54, 1.807) is 0 Å². The number of hydrogen-bond acceptors (Lipinski definition) is 3. The third kappa shape index (κ3) is 2.65. The second kappa shape index (κ2) is 5.80. The normalized spacial score (nSPS) is 34.1. The molecule has 0 N–H and O–H groups in total. The van der Waals surface area contributed by atoms with Gasteiger partial charge in [0.25, 0.3) is 0 Å². The van der Waals surface area contributed by atoms with Gasteiger partial charge >= 0.3 is 0 Å². The van der Waals surface area contributed by atoms with Gasteiger partial charge in [0, 0.05) is 37.8 Å². The molecule has 0 aromatic rings. The predicted molar refractivity (Wildman–Crippen MR) is 73.9 cm³/mol. The Balaban J connectivity index is 1.66. The van der Waals surface area contributed by atoms with Crippen LogP contribution in [0.2, 0.25) is 0 Å². The average molecular weight is 266 g/mol. The van der Waals surface area contributed by atoms with Crippen LogP contribution in [-0.2, 0) is 9.53 Å². The molecular formula is C15H26N2O2. The molecule has 0 unspecified atom stereocenters. The molecule has 4 heteroatoms. The number of hydrogen-bond donors (Lipinski definition) is 0. The molecule has 3 heterocycles. The Morgan fingerprint density at radius 2 is 1.68 bits per heavy atom. The molecule has 0 spiro atoms. The minimum Gasteiger partial charge on any atom is -0.381 e. The van der Waals surface area contributed by atoms with Crippen molar-refractivity contribution in [2.45, 2.75) is 50.6 Å². The highest BCUT2D eigenvalue weighted by Gasteiger charge is 2.40. The largest absolute Gasteiger partial charge is 0.381 e. The molecule has 0 aliphatic carbocycles. The van der Waals surface area contributed by atoms with E-state index in [0.29, 0.717) is 18.0 Å². The van der Waals surface area contributed by atoms with Crippen molar-refractivity contribution < 1.29 is 9.53 Å². The summed E-state index contributed by atoms with van der Waals surface area (Å²) in [7, 11) is 2.22. The van der Waals surface area contributed by atoms with Crippen LogP contribution in [0.3, 0.4) is 0 Å². The number of ether oxygens (including phenoxy) is 1. The maximum absolute atomic E-state index is 12.7. The molecule has 1 amide bonds. The number of rotatable bonds is 2. The third-order valence-corrected chi connectivity index (χ3v) is 5.17. The molecule has 0 aromatic heterocycles. The van der Waals surface area contributed by atoms with Crippen LogP contribution in [-0.4, -0.2) is 61.1 Å². The number of carbonyl (C=O) groups excluding carboxylic acids is 1. The van der Waals surface area contributed by atoms with Gasteiger partial charge in [-0.3, -0.25) is 4.79 Å². The van der Waals surface area contributed by atoms with Gasteiger partial charge in [-0.25, -0.2) is 0 Å². The number of carbonyl (C=O) groups is 1. The lowest BCUT2D eigenvalue weighted by atomic mass is 9.96. The van der Waals surface area contributed by atoms with Crippen molar-refractivity contribution in [1.29, 1.82) is 0 Å². The van der Waals surface area contributed by atoms with Gasteiger partial charge in [-0.2, -0.15) is 0 Å². The van der Waals surface area contributed by atoms with Gasteiger partial charge in [-0.1, -0.05) is 0 Å². The van der Waals surface area contributed by atoms with Crippen LogP contribution in [0.1, 0.15) is 38.5 Å². The molecule has 108 valence electrons. The van der Waals surface area contributed by atoms with E-state index in [1.807, 2.05) is 0 Å². The summed E-state index contributed by atoms with van der Waals surface area (Å²) in [6.45, 7) is 3.70. The summed E-state index contributed by atoms with van der Waals surface area (Å²) in [6.07, 6.45) is 6.77. The van der Waals surface area contributed by atoms with Gasteiger partial charge in [-0.15, -0.1) is 0 Å². The summed E-state index contributed by atoms with van der Waals surface area (Å²) in [5.41, 5.74) is 0. The quantitative estimate of drug-likeness (QED) is 0.759. The predicted octanol–water partition coefficient (Wildman–Crippen LogP) is 1.50. The summed E-state index contributed by atoms with van der Waals surface area (Å²) in [5.74, 6) is 0.632. The maximum Gasteiger partial charge on any atom is 0.226 e. The van der Waals surface area contributed by atoms with E-state index < -0.39 is 0 Å². The van der Waals surface area contributed by atoms with Crippen molar-refractivity contribution in [1.82, 2.24) is 9.80 Å². The first-order valence-corrected chi connectivity index (χ1v) is 7.86. The van der Waals surface area contributed by atoms with Gasteiger partial charge in [0.15, 0.2) is 0 Å². The van der Waals surface area contributed by atoms with Crippen molar-refractivity contribution >= 4 is 5.91 Å². The number of likely N-dealkylation sites (tertiary alicyclic amines) is 2. The first-order chi connectivity index (χ1) is 9.27. The van der Waals surface area contributed by atoms with Crippen molar-refractivity contribution in [3.63, 3.8) is 0 Å². The molecule has 0 saturated carbocycles. The first-order valence-electron chi connectivity index (χ1n) is 7.86. The minimum atomic E-state index is 0.223. The molecule has 0 bridgehead atoms. The molecule has 3 saturated heterocycles. The van der Waals surface area contributed by atoms with E-state index >= 15 is 0 Å². The lowest BCUT2D eigenvalue weighted by molar-refractivity contribution is -0.140. The van der Waals surface area contributed by atoms with E-state index in [1.165, 1.54) is 32.2 Å². The van der Waals surface area contributed by atoms with Gasteiger partial charge < -0.3 is 14.5 Å². The summed E-state index contributed by atoms with van der Waals surface area (Å²) in [4.78, 5) is 17.4. The highest BCUT2D eigenvalue weighted by molar-refractivity contribution is 5.79. The number of nitrogens with zero attached hydrogens (tertiary/aromatic N) is 2. The Morgan fingerprint density at radius 1 is 1.00 bits per heavy atom. The first kappa shape index (κ1) is 13.4. The summed E-state index contributed by atoms with van der Waals surface area (Å²) in [6, 6.07) is 1.08. The highest BCUT2D eigenvalue weighted by atomic mass is 16.5. The Kier molecular flexibility index (Phi) is 4.08. The standard InChI is InChI=1S/C15H26N2O2/c1-16-8-2-4-13(16)14-5-3-9-17(14)15(18)12-6-10-19-11-7-12/h12-14H,2-11H2,1H3/t13-,14+/m0/s1. The molecule has 3 aliphatic heterocycles. The Hall–Kier alpha value is -0.610. The molecule has 3 fully saturated rings. The summed E-state index contributed by atoms with van der Waals surface area (Å²) in [5, 5.41) is 0. The minimum absolute atomic E-state index is 0.223. The van der Waals surface area contributed by atoms with Crippen LogP contribution in [0.5, 0.6) is 0 Å². The monoisotopic (exact) mass is 266 g/mol. The second-order valence-electron chi connectivity index (χ2n) is 6.32. The average Bonchev–Trinajstić information content (AvgIpc) is 3.07. The molecule has 3 rings (SSSR count). The second-order valence-corrected chi connectivity index (χ2v) is 6.32. The number of likely N-dealkylation sites (N-methyl/N-ethyl adjacent to an activating group) is 1. The van der Waals surface area contributed by atoms with E-state index in [9.17, 15) is 4.79 Å². The van der Waals surface area contributed by atoms with Crippen LogP contribution in [0, 0.1) is 5.92 Å². The van der Waals surface area contributed by atoms with E-state index in [0.717, 1.165) is 32.6 Å². The zero-order valence-electron chi connectivity index (χ0n) is 12.0. The van der Waals surface area contributed by atoms with Gasteiger partial charge in [-0.05, 0) is 52.1 Å². The fraction of sp³-hybridized carbons (Fsp3) is 0.933. The summed E-state index contributed by atoms with van der Waals surface area (Å²) < 4.78 is 5.38. The zero-order chi connectivity index (χ0) is 13.2. The molecule has 0 radical (unpaired) electrons. The van der Waals surface area contributed by atoms with Crippen molar-refractivity contribution in [3.8, 4) is 0 Å². The van der Waals surface area contributed by atoms with E-state index in [-0.39, 0.29) is 5.92 Å². The van der Waals surface area contributed by atoms with Gasteiger partial charge in [0.05, 0.1) is 0 Å². The van der Waals surface area contributed by atoms with E-state index in [4.69, 9.17) is 4.74 Å². The van der Waals surface area contributed by atoms with Crippen molar-refractivity contribution in [2.24, 2.45) is 5.92 Å². The number of amides is 1. The maximum atomic E-state index is 12.7. The van der Waals surface area contributed by atoms with Gasteiger partial charge in [0.1, 0.15) is 0 Å². The topological polar surface area (TPSA) is 32.8 Å². The lowest BCUT2D eigenvalue weighted by Gasteiger charge is -2.36. The molecular weight excluding hydrogens is 240 g/mol. The highest BCUT2D eigenvalue weighted by Crippen LogP contribution is 2.31. The third-order valence-electron chi connectivity index (χ3n) is 5.17. The van der Waals surface area contributed by atoms with Crippen LogP contribution >= 0.6 is 0 Å². The smallest absolute Gasteiger partial charge is 0.226 e. The van der Waals surface area contributed by atoms with Crippen LogP contribution in [0.25, 0.3) is 0 Å². The molecule has 3 aliphatic rings. The van der Waals surface area contributed by atoms with Crippen molar-refractivity contribution in [3.05, 3.63) is 0 Å². The fourth-order valence-corrected chi connectivity index (χ4v) is 4.07. The molecule has 19 heavy (non-hydrogen) atoms. The molecule has 2 atom stereocenters. The fourth-order valence-electron chi connectivity index (χ4n) is 4.07. The molecule has 4 nitrogen and oxygen atoms in total.